The van der Waals surface area contributed by atoms with Crippen molar-refractivity contribution in [1.82, 2.24) is 19.7 Å². The van der Waals surface area contributed by atoms with E-state index >= 15 is 0 Å². The van der Waals surface area contributed by atoms with E-state index in [1.54, 1.807) is 11.7 Å². The van der Waals surface area contributed by atoms with Crippen LogP contribution in [-0.4, -0.2) is 32.3 Å². The molecule has 2 heterocycles. The van der Waals surface area contributed by atoms with Crippen molar-refractivity contribution in [3.63, 3.8) is 0 Å². The molecule has 0 spiro atoms. The van der Waals surface area contributed by atoms with E-state index < -0.39 is 0 Å². The molecule has 0 fully saturated rings. The molecule has 0 aliphatic heterocycles. The Labute approximate surface area is 168 Å². The predicted octanol–water partition coefficient (Wildman–Crippen LogP) is 2.69. The number of carbonyl (C=O) groups excluding carboxylic acids is 1. The van der Waals surface area contributed by atoms with Crippen LogP contribution in [0.3, 0.4) is 0 Å². The van der Waals surface area contributed by atoms with E-state index in [0.29, 0.717) is 35.6 Å². The lowest BCUT2D eigenvalue weighted by Gasteiger charge is -2.05. The summed E-state index contributed by atoms with van der Waals surface area (Å²) in [7, 11) is 1.76. The molecule has 1 amide bonds. The molecule has 152 valence electrons. The van der Waals surface area contributed by atoms with Crippen molar-refractivity contribution < 1.29 is 9.53 Å². The van der Waals surface area contributed by atoms with Gasteiger partial charge in [-0.2, -0.15) is 5.10 Å². The Balaban J connectivity index is 1.76. The van der Waals surface area contributed by atoms with Gasteiger partial charge in [0.2, 0.25) is 0 Å². The number of aromatic amines is 1. The van der Waals surface area contributed by atoms with E-state index in [0.717, 1.165) is 24.1 Å². The van der Waals surface area contributed by atoms with Crippen LogP contribution in [0.4, 0.5) is 5.69 Å². The number of H-pyrrole nitrogens is 1. The standard InChI is InChI=1S/C21H25N5O3/c1-4-6-16-19-20(26(3)25-16)21(28)24-17(23-19)13-14-7-9-15(10-8-14)22-18(27)11-12-29-5-2/h7-12H,4-6,13H2,1-3H3,(H,22,27)(H,23,24,28). The van der Waals surface area contributed by atoms with Crippen molar-refractivity contribution in [1.29, 1.82) is 0 Å². The van der Waals surface area contributed by atoms with Crippen LogP contribution in [0.15, 0.2) is 41.4 Å². The van der Waals surface area contributed by atoms with Crippen LogP contribution in [0.5, 0.6) is 0 Å². The number of aromatic nitrogens is 4. The van der Waals surface area contributed by atoms with Gasteiger partial charge in [-0.05, 0) is 31.0 Å². The molecule has 1 aromatic carbocycles. The zero-order chi connectivity index (χ0) is 20.8. The maximum atomic E-state index is 12.5. The first-order chi connectivity index (χ1) is 14.0. The molecule has 0 saturated carbocycles. The smallest absolute Gasteiger partial charge is 0.277 e. The third-order valence-corrected chi connectivity index (χ3v) is 4.37. The second kappa shape index (κ2) is 9.18. The van der Waals surface area contributed by atoms with Gasteiger partial charge in [-0.15, -0.1) is 0 Å². The number of nitrogens with one attached hydrogen (secondary N) is 2. The van der Waals surface area contributed by atoms with E-state index in [2.05, 4.69) is 27.3 Å². The summed E-state index contributed by atoms with van der Waals surface area (Å²) in [5.74, 6) is 0.326. The monoisotopic (exact) mass is 395 g/mol. The molecule has 0 atom stereocenters. The summed E-state index contributed by atoms with van der Waals surface area (Å²) in [4.78, 5) is 31.8. The highest BCUT2D eigenvalue weighted by Crippen LogP contribution is 2.16. The minimum Gasteiger partial charge on any atom is -0.501 e. The lowest BCUT2D eigenvalue weighted by atomic mass is 10.1. The van der Waals surface area contributed by atoms with Crippen LogP contribution in [0.1, 0.15) is 37.4 Å². The molecule has 0 aliphatic rings. The summed E-state index contributed by atoms with van der Waals surface area (Å²) >= 11 is 0. The molecule has 0 bridgehead atoms. The van der Waals surface area contributed by atoms with Gasteiger partial charge < -0.3 is 15.0 Å². The second-order valence-electron chi connectivity index (χ2n) is 6.65. The van der Waals surface area contributed by atoms with Crippen molar-refractivity contribution in [2.24, 2.45) is 7.05 Å². The summed E-state index contributed by atoms with van der Waals surface area (Å²) in [6.45, 7) is 4.43. The van der Waals surface area contributed by atoms with E-state index in [4.69, 9.17) is 4.74 Å². The molecule has 2 aromatic heterocycles. The average Bonchev–Trinajstić information content (AvgIpc) is 3.00. The Morgan fingerprint density at radius 3 is 2.72 bits per heavy atom. The van der Waals surface area contributed by atoms with Gasteiger partial charge in [0.1, 0.15) is 11.3 Å². The number of rotatable bonds is 8. The summed E-state index contributed by atoms with van der Waals surface area (Å²) < 4.78 is 6.60. The fraction of sp³-hybridized carbons (Fsp3) is 0.333. The molecule has 0 saturated heterocycles. The SMILES string of the molecule is CCCc1nn(C)c2c(=O)[nH]c(Cc3ccc(NC(=O)C=COCC)cc3)nc12. The molecule has 3 aromatic rings. The molecule has 3 rings (SSSR count). The number of hydrogen-bond donors (Lipinski definition) is 2. The van der Waals surface area contributed by atoms with E-state index in [1.807, 2.05) is 31.2 Å². The van der Waals surface area contributed by atoms with Gasteiger partial charge in [-0.1, -0.05) is 25.5 Å². The maximum absolute atomic E-state index is 12.5. The van der Waals surface area contributed by atoms with Gasteiger partial charge in [-0.25, -0.2) is 4.98 Å². The van der Waals surface area contributed by atoms with Crippen molar-refractivity contribution in [3.8, 4) is 0 Å². The lowest BCUT2D eigenvalue weighted by molar-refractivity contribution is -0.112. The largest absolute Gasteiger partial charge is 0.501 e. The summed E-state index contributed by atoms with van der Waals surface area (Å²) in [5, 5.41) is 7.19. The number of aryl methyl sites for hydroxylation is 2. The number of ether oxygens (including phenoxy) is 1. The quantitative estimate of drug-likeness (QED) is 0.451. The first-order valence-corrected chi connectivity index (χ1v) is 9.64. The van der Waals surface area contributed by atoms with Gasteiger partial charge in [0, 0.05) is 25.2 Å². The zero-order valence-corrected chi connectivity index (χ0v) is 16.9. The molecular formula is C21H25N5O3. The van der Waals surface area contributed by atoms with Crippen molar-refractivity contribution in [3.05, 3.63) is 64.0 Å². The average molecular weight is 395 g/mol. The molecule has 0 unspecified atom stereocenters. The van der Waals surface area contributed by atoms with E-state index in [-0.39, 0.29) is 11.5 Å². The molecule has 8 heteroatoms. The fourth-order valence-corrected chi connectivity index (χ4v) is 3.07. The van der Waals surface area contributed by atoms with E-state index in [1.165, 1.54) is 12.3 Å². The lowest BCUT2D eigenvalue weighted by Crippen LogP contribution is -2.14. The normalized spacial score (nSPS) is 11.3. The van der Waals surface area contributed by atoms with Crippen LogP contribution in [0, 0.1) is 0 Å². The van der Waals surface area contributed by atoms with Crippen LogP contribution >= 0.6 is 0 Å². The molecule has 29 heavy (non-hydrogen) atoms. The Morgan fingerprint density at radius 1 is 1.28 bits per heavy atom. The minimum absolute atomic E-state index is 0.188. The number of fused-ring (bicyclic) bond motifs is 1. The zero-order valence-electron chi connectivity index (χ0n) is 16.9. The minimum atomic E-state index is -0.261. The number of carbonyl (C=O) groups is 1. The first-order valence-electron chi connectivity index (χ1n) is 9.64. The van der Waals surface area contributed by atoms with Gasteiger partial charge in [0.05, 0.1) is 18.6 Å². The van der Waals surface area contributed by atoms with Gasteiger partial charge in [0.15, 0.2) is 5.52 Å². The predicted molar refractivity (Wildman–Crippen MR) is 112 cm³/mol. The van der Waals surface area contributed by atoms with Gasteiger partial charge in [0.25, 0.3) is 11.5 Å². The van der Waals surface area contributed by atoms with Crippen molar-refractivity contribution >= 4 is 22.6 Å². The third kappa shape index (κ3) is 4.90. The van der Waals surface area contributed by atoms with E-state index in [9.17, 15) is 9.59 Å². The highest BCUT2D eigenvalue weighted by molar-refractivity contribution is 5.99. The highest BCUT2D eigenvalue weighted by atomic mass is 16.5. The maximum Gasteiger partial charge on any atom is 0.277 e. The molecule has 2 N–H and O–H groups in total. The van der Waals surface area contributed by atoms with Crippen LogP contribution in [-0.2, 0) is 29.4 Å². The van der Waals surface area contributed by atoms with Crippen LogP contribution in [0.25, 0.3) is 11.0 Å². The first kappa shape index (κ1) is 20.3. The Kier molecular flexibility index (Phi) is 6.43. The molecular weight excluding hydrogens is 370 g/mol. The number of amides is 1. The second-order valence-corrected chi connectivity index (χ2v) is 6.65. The van der Waals surface area contributed by atoms with Gasteiger partial charge >= 0.3 is 0 Å². The van der Waals surface area contributed by atoms with Gasteiger partial charge in [-0.3, -0.25) is 14.3 Å². The molecule has 0 radical (unpaired) electrons. The van der Waals surface area contributed by atoms with Crippen LogP contribution < -0.4 is 10.9 Å². The third-order valence-electron chi connectivity index (χ3n) is 4.37. The summed E-state index contributed by atoms with van der Waals surface area (Å²) in [6, 6.07) is 7.40. The molecule has 8 nitrogen and oxygen atoms in total. The summed E-state index contributed by atoms with van der Waals surface area (Å²) in [5.41, 5.74) is 3.46. The Hall–Kier alpha value is -3.42. The number of benzene rings is 1. The number of nitrogens with zero attached hydrogens (tertiary/aromatic N) is 3. The van der Waals surface area contributed by atoms with Crippen molar-refractivity contribution in [2.75, 3.05) is 11.9 Å². The molecule has 0 aliphatic carbocycles. The number of hydrogen-bond acceptors (Lipinski definition) is 5. The Bertz CT molecular complexity index is 1080. The summed E-state index contributed by atoms with van der Waals surface area (Å²) in [6.07, 6.45) is 4.89. The number of anilines is 1. The highest BCUT2D eigenvalue weighted by Gasteiger charge is 2.14. The Morgan fingerprint density at radius 2 is 2.03 bits per heavy atom. The fourth-order valence-electron chi connectivity index (χ4n) is 3.07. The van der Waals surface area contributed by atoms with Crippen molar-refractivity contribution in [2.45, 2.75) is 33.1 Å². The van der Waals surface area contributed by atoms with Crippen LogP contribution in [0.2, 0.25) is 0 Å². The topological polar surface area (TPSA) is 102 Å².